The molecule has 0 radical (unpaired) electrons. The largest absolute Gasteiger partial charge is 0.473 e. The molecule has 2 heterocycles. The third-order valence-electron chi connectivity index (χ3n) is 6.91. The molecule has 8 heteroatoms. The van der Waals surface area contributed by atoms with Gasteiger partial charge in [-0.15, -0.1) is 0 Å². The van der Waals surface area contributed by atoms with Crippen LogP contribution in [0.5, 0.6) is 17.8 Å². The van der Waals surface area contributed by atoms with Gasteiger partial charge in [-0.1, -0.05) is 60.7 Å². The van der Waals surface area contributed by atoms with E-state index in [1.165, 1.54) is 0 Å². The SMILES string of the molecule is CC(C)(C)OC(=O)[C@H]1CC[C@H](Oc2ncc(-c3ccc(OCc4ccccc4)nc3OCc3ccccc3)cn2)CC1. The highest BCUT2D eigenvalue weighted by Gasteiger charge is 2.31. The van der Waals surface area contributed by atoms with Gasteiger partial charge in [-0.25, -0.2) is 9.97 Å². The molecule has 2 aromatic carbocycles. The number of benzene rings is 2. The Morgan fingerprint density at radius 1 is 0.786 bits per heavy atom. The van der Waals surface area contributed by atoms with Crippen LogP contribution in [0.1, 0.15) is 57.6 Å². The molecule has 5 rings (SSSR count). The zero-order valence-electron chi connectivity index (χ0n) is 24.4. The van der Waals surface area contributed by atoms with Crippen molar-refractivity contribution in [3.8, 4) is 28.9 Å². The van der Waals surface area contributed by atoms with E-state index in [-0.39, 0.29) is 18.0 Å². The van der Waals surface area contributed by atoms with E-state index >= 15 is 0 Å². The lowest BCUT2D eigenvalue weighted by molar-refractivity contribution is -0.161. The van der Waals surface area contributed by atoms with Gasteiger partial charge < -0.3 is 18.9 Å². The Hall–Kier alpha value is -4.46. The molecule has 0 atom stereocenters. The lowest BCUT2D eigenvalue weighted by Crippen LogP contribution is -2.33. The minimum absolute atomic E-state index is 0.0398. The Bertz CT molecular complexity index is 1430. The number of hydrogen-bond donors (Lipinski definition) is 0. The molecule has 0 aliphatic heterocycles. The molecule has 1 aliphatic rings. The first-order valence-corrected chi connectivity index (χ1v) is 14.4. The highest BCUT2D eigenvalue weighted by atomic mass is 16.6. The maximum Gasteiger partial charge on any atom is 0.316 e. The second-order valence-corrected chi connectivity index (χ2v) is 11.4. The summed E-state index contributed by atoms with van der Waals surface area (Å²) in [6.07, 6.45) is 6.34. The molecular weight excluding hydrogens is 530 g/mol. The molecule has 2 aromatic heterocycles. The molecule has 218 valence electrons. The molecule has 1 saturated carbocycles. The first kappa shape index (κ1) is 29.0. The predicted octanol–water partition coefficient (Wildman–Crippen LogP) is 6.98. The van der Waals surface area contributed by atoms with Gasteiger partial charge in [-0.2, -0.15) is 4.98 Å². The quantitative estimate of drug-likeness (QED) is 0.190. The Morgan fingerprint density at radius 2 is 1.38 bits per heavy atom. The third kappa shape index (κ3) is 8.28. The molecule has 1 aliphatic carbocycles. The number of nitrogens with zero attached hydrogens (tertiary/aromatic N) is 3. The average molecular weight is 568 g/mol. The van der Waals surface area contributed by atoms with Crippen LogP contribution in [-0.4, -0.2) is 32.6 Å². The van der Waals surface area contributed by atoms with Gasteiger partial charge >= 0.3 is 12.0 Å². The predicted molar refractivity (Wildman–Crippen MR) is 159 cm³/mol. The third-order valence-corrected chi connectivity index (χ3v) is 6.91. The molecule has 8 nitrogen and oxygen atoms in total. The van der Waals surface area contributed by atoms with Crippen LogP contribution in [0.2, 0.25) is 0 Å². The van der Waals surface area contributed by atoms with Gasteiger partial charge in [-0.3, -0.25) is 4.79 Å². The smallest absolute Gasteiger partial charge is 0.316 e. The van der Waals surface area contributed by atoms with Crippen LogP contribution in [0.4, 0.5) is 0 Å². The number of rotatable bonds is 10. The van der Waals surface area contributed by atoms with Crippen molar-refractivity contribution in [3.05, 3.63) is 96.3 Å². The molecule has 1 fully saturated rings. The van der Waals surface area contributed by atoms with Crippen molar-refractivity contribution in [2.45, 2.75) is 71.4 Å². The van der Waals surface area contributed by atoms with E-state index in [4.69, 9.17) is 18.9 Å². The fourth-order valence-corrected chi connectivity index (χ4v) is 4.76. The standard InChI is InChI=1S/C34H37N3O5/c1-34(2,3)42-32(38)26-14-16-28(17-15-26)41-33-35-20-27(21-36-33)29-18-19-30(39-22-24-10-6-4-7-11-24)37-31(29)40-23-25-12-8-5-9-13-25/h4-13,18-21,26,28H,14-17,22-23H2,1-3H3/t26-,28-. The first-order chi connectivity index (χ1) is 20.3. The monoisotopic (exact) mass is 567 g/mol. The second-order valence-electron chi connectivity index (χ2n) is 11.4. The zero-order chi connectivity index (χ0) is 29.4. The number of esters is 1. The van der Waals surface area contributed by atoms with Crippen molar-refractivity contribution < 1.29 is 23.7 Å². The van der Waals surface area contributed by atoms with E-state index in [1.54, 1.807) is 12.4 Å². The maximum absolute atomic E-state index is 12.4. The molecular formula is C34H37N3O5. The summed E-state index contributed by atoms with van der Waals surface area (Å²) in [6, 6.07) is 23.9. The van der Waals surface area contributed by atoms with Crippen molar-refractivity contribution in [1.82, 2.24) is 15.0 Å². The summed E-state index contributed by atoms with van der Waals surface area (Å²) >= 11 is 0. The maximum atomic E-state index is 12.4. The van der Waals surface area contributed by atoms with Crippen molar-refractivity contribution in [1.29, 1.82) is 0 Å². The number of carbonyl (C=O) groups is 1. The molecule has 0 amide bonds. The van der Waals surface area contributed by atoms with E-state index in [0.29, 0.717) is 31.0 Å². The zero-order valence-corrected chi connectivity index (χ0v) is 24.4. The van der Waals surface area contributed by atoms with Crippen LogP contribution in [0.25, 0.3) is 11.1 Å². The van der Waals surface area contributed by atoms with Gasteiger partial charge in [0.05, 0.1) is 5.92 Å². The minimum Gasteiger partial charge on any atom is -0.473 e. The molecule has 0 saturated heterocycles. The van der Waals surface area contributed by atoms with Crippen LogP contribution >= 0.6 is 0 Å². The van der Waals surface area contributed by atoms with E-state index in [2.05, 4.69) is 15.0 Å². The number of aromatic nitrogens is 3. The minimum atomic E-state index is -0.475. The normalized spacial score (nSPS) is 16.8. The van der Waals surface area contributed by atoms with Crippen LogP contribution in [0, 0.1) is 5.92 Å². The molecule has 42 heavy (non-hydrogen) atoms. The van der Waals surface area contributed by atoms with E-state index in [9.17, 15) is 4.79 Å². The number of carbonyl (C=O) groups excluding carboxylic acids is 1. The number of hydrogen-bond acceptors (Lipinski definition) is 8. The van der Waals surface area contributed by atoms with Gasteiger partial charge in [0.25, 0.3) is 0 Å². The van der Waals surface area contributed by atoms with E-state index in [0.717, 1.165) is 47.9 Å². The Morgan fingerprint density at radius 3 is 1.98 bits per heavy atom. The summed E-state index contributed by atoms with van der Waals surface area (Å²) in [5, 5.41) is 0. The van der Waals surface area contributed by atoms with Gasteiger partial charge in [0.1, 0.15) is 24.9 Å². The summed E-state index contributed by atoms with van der Waals surface area (Å²) < 4.78 is 23.7. The van der Waals surface area contributed by atoms with Crippen LogP contribution < -0.4 is 14.2 Å². The van der Waals surface area contributed by atoms with Crippen molar-refractivity contribution in [2.24, 2.45) is 5.92 Å². The lowest BCUT2D eigenvalue weighted by Gasteiger charge is -2.29. The molecule has 4 aromatic rings. The van der Waals surface area contributed by atoms with Gasteiger partial charge in [0, 0.05) is 29.6 Å². The Kier molecular flexibility index (Phi) is 9.31. The van der Waals surface area contributed by atoms with Crippen molar-refractivity contribution in [2.75, 3.05) is 0 Å². The van der Waals surface area contributed by atoms with E-state index in [1.807, 2.05) is 93.6 Å². The molecule has 0 spiro atoms. The summed E-state index contributed by atoms with van der Waals surface area (Å²) in [7, 11) is 0. The fraction of sp³-hybridized carbons (Fsp3) is 0.353. The highest BCUT2D eigenvalue weighted by Crippen LogP contribution is 2.32. The van der Waals surface area contributed by atoms with Crippen LogP contribution in [0.15, 0.2) is 85.2 Å². The Labute approximate surface area is 247 Å². The lowest BCUT2D eigenvalue weighted by atomic mass is 9.87. The van der Waals surface area contributed by atoms with Crippen molar-refractivity contribution >= 4 is 5.97 Å². The van der Waals surface area contributed by atoms with Gasteiger partial charge in [-0.05, 0) is 63.6 Å². The number of ether oxygens (including phenoxy) is 4. The summed E-state index contributed by atoms with van der Waals surface area (Å²) in [6.45, 7) is 6.44. The summed E-state index contributed by atoms with van der Waals surface area (Å²) in [5.41, 5.74) is 3.11. The summed E-state index contributed by atoms with van der Waals surface area (Å²) in [5.74, 6) is 0.682. The summed E-state index contributed by atoms with van der Waals surface area (Å²) in [4.78, 5) is 26.0. The highest BCUT2D eigenvalue weighted by molar-refractivity contribution is 5.73. The van der Waals surface area contributed by atoms with E-state index < -0.39 is 5.60 Å². The fourth-order valence-electron chi connectivity index (χ4n) is 4.76. The molecule has 0 N–H and O–H groups in total. The first-order valence-electron chi connectivity index (χ1n) is 14.4. The molecule has 0 bridgehead atoms. The second kappa shape index (κ2) is 13.5. The number of pyridine rings is 1. The van der Waals surface area contributed by atoms with Crippen molar-refractivity contribution in [3.63, 3.8) is 0 Å². The van der Waals surface area contributed by atoms with Gasteiger partial charge in [0.15, 0.2) is 0 Å². The molecule has 0 unspecified atom stereocenters. The van der Waals surface area contributed by atoms with Crippen LogP contribution in [0.3, 0.4) is 0 Å². The van der Waals surface area contributed by atoms with Gasteiger partial charge in [0.2, 0.25) is 11.8 Å². The Balaban J connectivity index is 1.24. The topological polar surface area (TPSA) is 92.7 Å². The van der Waals surface area contributed by atoms with Crippen LogP contribution in [-0.2, 0) is 22.7 Å². The average Bonchev–Trinajstić information content (AvgIpc) is 3.00.